The van der Waals surface area contributed by atoms with Crippen LogP contribution in [0, 0.1) is 0 Å². The van der Waals surface area contributed by atoms with E-state index in [0.717, 1.165) is 17.2 Å². The Kier molecular flexibility index (Phi) is 2.53. The van der Waals surface area contributed by atoms with E-state index in [1.807, 2.05) is 18.2 Å². The molecule has 1 aliphatic rings. The Morgan fingerprint density at radius 1 is 1.11 bits per heavy atom. The monoisotopic (exact) mass is 234 g/mol. The molecule has 0 radical (unpaired) electrons. The first-order chi connectivity index (χ1) is 8.75. The predicted molar refractivity (Wildman–Crippen MR) is 74.1 cm³/mol. The van der Waals surface area contributed by atoms with Crippen molar-refractivity contribution in [2.75, 3.05) is 0 Å². The number of imidazole rings is 1. The Hall–Kier alpha value is -2.27. The summed E-state index contributed by atoms with van der Waals surface area (Å²) >= 11 is 0. The van der Waals surface area contributed by atoms with Crippen molar-refractivity contribution in [1.29, 1.82) is 0 Å². The molecule has 1 aromatic heterocycles. The molecule has 0 amide bonds. The van der Waals surface area contributed by atoms with Gasteiger partial charge in [0.05, 0.1) is 11.4 Å². The molecule has 0 spiro atoms. The number of hydrogen-bond donors (Lipinski definition) is 1. The van der Waals surface area contributed by atoms with Crippen LogP contribution in [0.15, 0.2) is 35.7 Å². The van der Waals surface area contributed by atoms with E-state index in [1.54, 1.807) is 0 Å². The summed E-state index contributed by atoms with van der Waals surface area (Å²) < 4.78 is 0. The van der Waals surface area contributed by atoms with E-state index >= 15 is 0 Å². The van der Waals surface area contributed by atoms with Crippen molar-refractivity contribution < 1.29 is 0 Å². The van der Waals surface area contributed by atoms with Gasteiger partial charge in [0.2, 0.25) is 0 Å². The summed E-state index contributed by atoms with van der Waals surface area (Å²) in [6.45, 7) is 4.39. The highest BCUT2D eigenvalue weighted by Gasteiger charge is 2.13. The maximum absolute atomic E-state index is 4.62. The zero-order valence-electron chi connectivity index (χ0n) is 10.5. The Labute approximate surface area is 106 Å². The maximum atomic E-state index is 4.62. The fourth-order valence-electron chi connectivity index (χ4n) is 2.19. The van der Waals surface area contributed by atoms with Crippen molar-refractivity contribution in [3.05, 3.63) is 52.7 Å². The highest BCUT2D eigenvalue weighted by Crippen LogP contribution is 2.28. The predicted octanol–water partition coefficient (Wildman–Crippen LogP) is 3.99. The van der Waals surface area contributed by atoms with Gasteiger partial charge in [-0.05, 0) is 11.5 Å². The molecule has 0 atom stereocenters. The topological polar surface area (TPSA) is 28.7 Å². The van der Waals surface area contributed by atoms with Crippen LogP contribution in [-0.2, 0) is 0 Å². The SMILES string of the molecule is CC(C)c1ccccc1-c1nc2c([nH]1)C=C=C=C2. The molecule has 0 saturated carbocycles. The average molecular weight is 234 g/mol. The largest absolute Gasteiger partial charge is 0.337 e. The second kappa shape index (κ2) is 4.19. The molecule has 0 bridgehead atoms. The second-order valence-electron chi connectivity index (χ2n) is 4.70. The third-order valence-corrected chi connectivity index (χ3v) is 3.11. The lowest BCUT2D eigenvalue weighted by Crippen LogP contribution is -1.93. The molecule has 2 heteroatoms. The maximum Gasteiger partial charge on any atom is 0.138 e. The lowest BCUT2D eigenvalue weighted by Gasteiger charge is -2.10. The minimum Gasteiger partial charge on any atom is -0.337 e. The molecule has 0 fully saturated rings. The van der Waals surface area contributed by atoms with E-state index in [-0.39, 0.29) is 0 Å². The fraction of sp³-hybridized carbons (Fsp3) is 0.188. The summed E-state index contributed by atoms with van der Waals surface area (Å²) in [6, 6.07) is 8.39. The normalized spacial score (nSPS) is 12.2. The second-order valence-corrected chi connectivity index (χ2v) is 4.70. The quantitative estimate of drug-likeness (QED) is 0.667. The summed E-state index contributed by atoms with van der Waals surface area (Å²) in [7, 11) is 0. The Morgan fingerprint density at radius 2 is 1.89 bits per heavy atom. The molecule has 0 unspecified atom stereocenters. The molecule has 1 aliphatic carbocycles. The van der Waals surface area contributed by atoms with Crippen LogP contribution in [-0.4, -0.2) is 9.97 Å². The van der Waals surface area contributed by atoms with Crippen LogP contribution >= 0.6 is 0 Å². The molecule has 1 heterocycles. The van der Waals surface area contributed by atoms with Crippen LogP contribution in [0.5, 0.6) is 0 Å². The van der Waals surface area contributed by atoms with Crippen LogP contribution in [0.4, 0.5) is 0 Å². The molecule has 0 saturated heterocycles. The van der Waals surface area contributed by atoms with Crippen molar-refractivity contribution in [3.8, 4) is 11.4 Å². The number of H-pyrrole nitrogens is 1. The molecule has 1 N–H and O–H groups in total. The third-order valence-electron chi connectivity index (χ3n) is 3.11. The number of rotatable bonds is 2. The van der Waals surface area contributed by atoms with Crippen molar-refractivity contribution in [2.24, 2.45) is 0 Å². The molecule has 2 aromatic rings. The van der Waals surface area contributed by atoms with Gasteiger partial charge in [0.1, 0.15) is 5.82 Å². The van der Waals surface area contributed by atoms with Crippen LogP contribution in [0.25, 0.3) is 23.5 Å². The standard InChI is InChI=1S/C16H14N2/c1-11(2)12-7-3-4-8-13(12)16-17-14-9-5-6-10-15(14)18-16/h3-4,7-11H,1-2H3,(H,17,18). The lowest BCUT2D eigenvalue weighted by atomic mass is 9.97. The first-order valence-electron chi connectivity index (χ1n) is 6.12. The summed E-state index contributed by atoms with van der Waals surface area (Å²) in [5.41, 5.74) is 10.3. The van der Waals surface area contributed by atoms with Crippen LogP contribution < -0.4 is 0 Å². The van der Waals surface area contributed by atoms with E-state index in [1.165, 1.54) is 11.1 Å². The highest BCUT2D eigenvalue weighted by molar-refractivity contribution is 5.69. The number of aromatic amines is 1. The van der Waals surface area contributed by atoms with Gasteiger partial charge < -0.3 is 4.98 Å². The van der Waals surface area contributed by atoms with Crippen molar-refractivity contribution in [1.82, 2.24) is 9.97 Å². The summed E-state index contributed by atoms with van der Waals surface area (Å²) in [5, 5.41) is 0. The Balaban J connectivity index is 2.14. The van der Waals surface area contributed by atoms with E-state index in [9.17, 15) is 0 Å². The van der Waals surface area contributed by atoms with Crippen LogP contribution in [0.1, 0.15) is 36.7 Å². The van der Waals surface area contributed by atoms with Crippen molar-refractivity contribution in [3.63, 3.8) is 0 Å². The number of aromatic nitrogens is 2. The van der Waals surface area contributed by atoms with Gasteiger partial charge in [-0.2, -0.15) is 0 Å². The average Bonchev–Trinajstić information content (AvgIpc) is 2.82. The summed E-state index contributed by atoms with van der Waals surface area (Å²) in [4.78, 5) is 7.96. The van der Waals surface area contributed by atoms with Crippen LogP contribution in [0.3, 0.4) is 0 Å². The van der Waals surface area contributed by atoms with E-state index in [0.29, 0.717) is 5.92 Å². The van der Waals surface area contributed by atoms with Gasteiger partial charge in [-0.3, -0.25) is 0 Å². The molecular weight excluding hydrogens is 220 g/mol. The van der Waals surface area contributed by atoms with Gasteiger partial charge in [-0.1, -0.05) is 49.6 Å². The zero-order valence-corrected chi connectivity index (χ0v) is 10.5. The molecule has 2 nitrogen and oxygen atoms in total. The number of nitrogens with one attached hydrogen (secondary N) is 1. The number of hydrogen-bond acceptors (Lipinski definition) is 1. The van der Waals surface area contributed by atoms with Gasteiger partial charge in [-0.25, -0.2) is 4.98 Å². The zero-order chi connectivity index (χ0) is 12.5. The van der Waals surface area contributed by atoms with Gasteiger partial charge >= 0.3 is 0 Å². The van der Waals surface area contributed by atoms with E-state index in [2.05, 4.69) is 53.5 Å². The number of benzene rings is 1. The fourth-order valence-corrected chi connectivity index (χ4v) is 2.19. The smallest absolute Gasteiger partial charge is 0.138 e. The molecule has 3 rings (SSSR count). The Bertz CT molecular complexity index is 658. The number of fused-ring (bicyclic) bond motifs is 1. The third kappa shape index (κ3) is 1.74. The van der Waals surface area contributed by atoms with Crippen molar-refractivity contribution >= 4 is 12.2 Å². The Morgan fingerprint density at radius 3 is 2.67 bits per heavy atom. The van der Waals surface area contributed by atoms with Crippen molar-refractivity contribution in [2.45, 2.75) is 19.8 Å². The van der Waals surface area contributed by atoms with Gasteiger partial charge in [0, 0.05) is 17.7 Å². The minimum absolute atomic E-state index is 0.479. The lowest BCUT2D eigenvalue weighted by molar-refractivity contribution is 0.867. The van der Waals surface area contributed by atoms with Gasteiger partial charge in [0.25, 0.3) is 0 Å². The van der Waals surface area contributed by atoms with Gasteiger partial charge in [0.15, 0.2) is 0 Å². The first-order valence-corrected chi connectivity index (χ1v) is 6.12. The molecule has 88 valence electrons. The molecule has 1 aromatic carbocycles. The van der Waals surface area contributed by atoms with E-state index in [4.69, 9.17) is 0 Å². The van der Waals surface area contributed by atoms with E-state index < -0.39 is 0 Å². The summed E-state index contributed by atoms with van der Waals surface area (Å²) in [6.07, 6.45) is 3.73. The number of nitrogens with zero attached hydrogens (tertiary/aromatic N) is 1. The minimum atomic E-state index is 0.479. The highest BCUT2D eigenvalue weighted by atomic mass is 14.9. The molecule has 0 aliphatic heterocycles. The molecule has 18 heavy (non-hydrogen) atoms. The first kappa shape index (κ1) is 10.9. The van der Waals surface area contributed by atoms with Gasteiger partial charge in [-0.15, -0.1) is 0 Å². The van der Waals surface area contributed by atoms with Crippen LogP contribution in [0.2, 0.25) is 0 Å². The summed E-state index contributed by atoms with van der Waals surface area (Å²) in [5.74, 6) is 1.40. The molecular formula is C16H14N2.